The van der Waals surface area contributed by atoms with Gasteiger partial charge in [-0.25, -0.2) is 14.8 Å². The summed E-state index contributed by atoms with van der Waals surface area (Å²) in [7, 11) is 0. The van der Waals surface area contributed by atoms with Crippen LogP contribution in [-0.2, 0) is 4.79 Å². The van der Waals surface area contributed by atoms with E-state index < -0.39 is 18.1 Å². The summed E-state index contributed by atoms with van der Waals surface area (Å²) in [4.78, 5) is 45.3. The Hall–Kier alpha value is -4.79. The molecule has 4 aromatic rings. The van der Waals surface area contributed by atoms with Crippen molar-refractivity contribution in [2.45, 2.75) is 13.8 Å². The number of ketones is 1. The zero-order valence-corrected chi connectivity index (χ0v) is 19.1. The van der Waals surface area contributed by atoms with Crippen LogP contribution in [0.2, 0.25) is 0 Å². The highest BCUT2D eigenvalue weighted by atomic mass is 16.5. The summed E-state index contributed by atoms with van der Waals surface area (Å²) in [5, 5.41) is 11.8. The fraction of sp³-hybridized carbons (Fsp3) is 0.115. The number of carboxylic acids is 1. The largest absolute Gasteiger partial charge is 0.480 e. The van der Waals surface area contributed by atoms with E-state index in [9.17, 15) is 14.4 Å². The van der Waals surface area contributed by atoms with Crippen molar-refractivity contribution in [2.75, 3.05) is 11.9 Å². The second-order valence-corrected chi connectivity index (χ2v) is 7.75. The third-order valence-electron chi connectivity index (χ3n) is 5.17. The molecule has 0 aliphatic carbocycles. The molecule has 35 heavy (non-hydrogen) atoms. The first-order valence-corrected chi connectivity index (χ1v) is 10.7. The number of benzene rings is 2. The van der Waals surface area contributed by atoms with Gasteiger partial charge in [0.1, 0.15) is 11.6 Å². The van der Waals surface area contributed by atoms with Crippen LogP contribution in [0.5, 0.6) is 5.75 Å². The molecule has 176 valence electrons. The van der Waals surface area contributed by atoms with Crippen molar-refractivity contribution >= 4 is 23.3 Å². The average Bonchev–Trinajstić information content (AvgIpc) is 2.85. The molecule has 0 amide bonds. The Balaban J connectivity index is 1.62. The quantitative estimate of drug-likeness (QED) is 0.374. The summed E-state index contributed by atoms with van der Waals surface area (Å²) in [6.45, 7) is 2.93. The minimum absolute atomic E-state index is 0.0557. The molecule has 2 aromatic heterocycles. The number of hydrogen-bond acceptors (Lipinski definition) is 7. The van der Waals surface area contributed by atoms with Gasteiger partial charge in [0.25, 0.3) is 5.56 Å². The number of carbonyl (C=O) groups is 2. The van der Waals surface area contributed by atoms with Crippen LogP contribution < -0.4 is 15.6 Å². The molecule has 0 aliphatic heterocycles. The van der Waals surface area contributed by atoms with Crippen LogP contribution in [0, 0.1) is 13.8 Å². The number of rotatable bonds is 8. The van der Waals surface area contributed by atoms with Crippen LogP contribution in [0.3, 0.4) is 0 Å². The minimum atomic E-state index is -1.09. The predicted molar refractivity (Wildman–Crippen MR) is 130 cm³/mol. The van der Waals surface area contributed by atoms with Crippen LogP contribution in [0.15, 0.2) is 77.9 Å². The fourth-order valence-electron chi connectivity index (χ4n) is 3.58. The van der Waals surface area contributed by atoms with Crippen molar-refractivity contribution in [3.8, 4) is 11.6 Å². The monoisotopic (exact) mass is 470 g/mol. The second kappa shape index (κ2) is 10.0. The van der Waals surface area contributed by atoms with E-state index in [-0.39, 0.29) is 11.6 Å². The normalized spacial score (nSPS) is 10.6. The van der Waals surface area contributed by atoms with Gasteiger partial charge in [0.15, 0.2) is 18.2 Å². The molecule has 0 bridgehead atoms. The van der Waals surface area contributed by atoms with Gasteiger partial charge in [-0.3, -0.25) is 14.2 Å². The van der Waals surface area contributed by atoms with Crippen molar-refractivity contribution in [1.82, 2.24) is 14.5 Å². The highest BCUT2D eigenvalue weighted by molar-refractivity contribution is 6.09. The molecular weight excluding hydrogens is 448 g/mol. The van der Waals surface area contributed by atoms with Gasteiger partial charge in [0, 0.05) is 29.2 Å². The molecule has 2 N–H and O–H groups in total. The van der Waals surface area contributed by atoms with Crippen molar-refractivity contribution in [3.63, 3.8) is 0 Å². The van der Waals surface area contributed by atoms with Gasteiger partial charge in [0.05, 0.1) is 5.69 Å². The van der Waals surface area contributed by atoms with Crippen LogP contribution in [0.25, 0.3) is 5.82 Å². The molecule has 0 radical (unpaired) electrons. The van der Waals surface area contributed by atoms with E-state index in [0.29, 0.717) is 39.6 Å². The molecule has 0 saturated heterocycles. The van der Waals surface area contributed by atoms with Gasteiger partial charge in [-0.2, -0.15) is 0 Å². The number of carbonyl (C=O) groups excluding carboxylic acids is 1. The Morgan fingerprint density at radius 3 is 2.49 bits per heavy atom. The maximum atomic E-state index is 13.2. The van der Waals surface area contributed by atoms with Crippen LogP contribution in [0.4, 0.5) is 11.5 Å². The molecule has 4 rings (SSSR count). The lowest BCUT2D eigenvalue weighted by Gasteiger charge is -2.14. The third-order valence-corrected chi connectivity index (χ3v) is 5.17. The first kappa shape index (κ1) is 23.4. The van der Waals surface area contributed by atoms with E-state index in [1.165, 1.54) is 17.0 Å². The number of aromatic nitrogens is 3. The number of nitrogens with zero attached hydrogens (tertiary/aromatic N) is 3. The summed E-state index contributed by atoms with van der Waals surface area (Å²) in [5.74, 6) is -0.473. The first-order chi connectivity index (χ1) is 16.8. The molecule has 9 nitrogen and oxygen atoms in total. The van der Waals surface area contributed by atoms with Crippen molar-refractivity contribution in [1.29, 1.82) is 0 Å². The average molecular weight is 470 g/mol. The SMILES string of the molecule is Cc1cc(-n2ccnc(Nc3cccc(C(=O)c4ccccc4)c3)c2=O)nc(C)c1OCC(=O)O. The summed E-state index contributed by atoms with van der Waals surface area (Å²) >= 11 is 0. The van der Waals surface area contributed by atoms with Gasteiger partial charge < -0.3 is 15.2 Å². The van der Waals surface area contributed by atoms with Crippen LogP contribution in [-0.4, -0.2) is 38.0 Å². The summed E-state index contributed by atoms with van der Waals surface area (Å²) in [5.41, 5.74) is 2.22. The minimum Gasteiger partial charge on any atom is -0.480 e. The van der Waals surface area contributed by atoms with Gasteiger partial charge in [0.2, 0.25) is 0 Å². The maximum Gasteiger partial charge on any atom is 0.341 e. The molecule has 2 heterocycles. The predicted octanol–water partition coefficient (Wildman–Crippen LogP) is 3.68. The molecule has 0 fully saturated rings. The summed E-state index contributed by atoms with van der Waals surface area (Å²) in [6, 6.07) is 17.4. The van der Waals surface area contributed by atoms with Crippen molar-refractivity contribution in [3.05, 3.63) is 106 Å². The Morgan fingerprint density at radius 2 is 1.77 bits per heavy atom. The zero-order chi connectivity index (χ0) is 24.9. The molecule has 0 atom stereocenters. The third kappa shape index (κ3) is 5.25. The van der Waals surface area contributed by atoms with E-state index in [1.807, 2.05) is 6.07 Å². The van der Waals surface area contributed by atoms with Gasteiger partial charge >= 0.3 is 5.97 Å². The number of aryl methyl sites for hydroxylation is 2. The molecule has 0 saturated carbocycles. The smallest absolute Gasteiger partial charge is 0.341 e. The molecule has 2 aromatic carbocycles. The standard InChI is InChI=1S/C26H22N4O5/c1-16-13-21(28-17(2)24(16)35-15-22(31)32)30-12-11-27-25(26(30)34)29-20-10-6-9-19(14-20)23(33)18-7-4-3-5-8-18/h3-14H,15H2,1-2H3,(H,27,29)(H,31,32). The second-order valence-electron chi connectivity index (χ2n) is 7.75. The summed E-state index contributed by atoms with van der Waals surface area (Å²) < 4.78 is 6.64. The molecular formula is C26H22N4O5. The topological polar surface area (TPSA) is 123 Å². The Bertz CT molecular complexity index is 1440. The number of nitrogens with one attached hydrogen (secondary N) is 1. The number of pyridine rings is 1. The van der Waals surface area contributed by atoms with Gasteiger partial charge in [-0.05, 0) is 37.6 Å². The Morgan fingerprint density at radius 1 is 1.03 bits per heavy atom. The number of hydrogen-bond donors (Lipinski definition) is 2. The van der Waals surface area contributed by atoms with Crippen LogP contribution in [0.1, 0.15) is 27.2 Å². The van der Waals surface area contributed by atoms with E-state index in [0.717, 1.165) is 0 Å². The molecule has 0 unspecified atom stereocenters. The highest BCUT2D eigenvalue weighted by Crippen LogP contribution is 2.24. The first-order valence-electron chi connectivity index (χ1n) is 10.7. The summed E-state index contributed by atoms with van der Waals surface area (Å²) in [6.07, 6.45) is 2.95. The van der Waals surface area contributed by atoms with E-state index in [4.69, 9.17) is 9.84 Å². The lowest BCUT2D eigenvalue weighted by atomic mass is 10.0. The van der Waals surface area contributed by atoms with E-state index in [2.05, 4.69) is 15.3 Å². The Kier molecular flexibility index (Phi) is 6.68. The number of aliphatic carboxylic acids is 1. The molecule has 0 aliphatic rings. The Labute approximate surface area is 200 Å². The lowest BCUT2D eigenvalue weighted by molar-refractivity contribution is -0.139. The highest BCUT2D eigenvalue weighted by Gasteiger charge is 2.14. The zero-order valence-electron chi connectivity index (χ0n) is 19.1. The number of anilines is 2. The van der Waals surface area contributed by atoms with Crippen molar-refractivity contribution in [2.24, 2.45) is 0 Å². The fourth-order valence-corrected chi connectivity index (χ4v) is 3.58. The van der Waals surface area contributed by atoms with E-state index >= 15 is 0 Å². The molecule has 0 spiro atoms. The molecule has 9 heteroatoms. The van der Waals surface area contributed by atoms with Gasteiger partial charge in [-0.1, -0.05) is 42.5 Å². The number of carboxylic acid groups (broad SMARTS) is 1. The van der Waals surface area contributed by atoms with E-state index in [1.54, 1.807) is 68.4 Å². The number of ether oxygens (including phenoxy) is 1. The maximum absolute atomic E-state index is 13.2. The van der Waals surface area contributed by atoms with Crippen molar-refractivity contribution < 1.29 is 19.4 Å². The van der Waals surface area contributed by atoms with Crippen LogP contribution >= 0.6 is 0 Å². The lowest BCUT2D eigenvalue weighted by Crippen LogP contribution is -2.23. The van der Waals surface area contributed by atoms with Gasteiger partial charge in [-0.15, -0.1) is 0 Å².